The first-order valence-electron chi connectivity index (χ1n) is 7.65. The average molecular weight is 331 g/mol. The van der Waals surface area contributed by atoms with Crippen molar-refractivity contribution in [1.82, 2.24) is 9.97 Å². The number of rotatable bonds is 7. The number of fused-ring (bicyclic) bond motifs is 1. The largest absolute Gasteiger partial charge is 0.454 e. The fraction of sp³-hybridized carbons (Fsp3) is 0.375. The van der Waals surface area contributed by atoms with Crippen molar-refractivity contribution in [3.8, 4) is 11.5 Å². The highest BCUT2D eigenvalue weighted by atomic mass is 16.7. The van der Waals surface area contributed by atoms with E-state index in [4.69, 9.17) is 19.9 Å². The van der Waals surface area contributed by atoms with Crippen molar-refractivity contribution < 1.29 is 14.2 Å². The molecule has 3 rings (SSSR count). The van der Waals surface area contributed by atoms with Crippen LogP contribution in [0.4, 0.5) is 17.3 Å². The maximum absolute atomic E-state index is 6.15. The van der Waals surface area contributed by atoms with Gasteiger partial charge >= 0.3 is 0 Å². The normalized spacial score (nSPS) is 13.6. The number of nitrogens with two attached hydrogens (primary N) is 1. The lowest BCUT2D eigenvalue weighted by atomic mass is 10.2. The third kappa shape index (κ3) is 3.60. The summed E-state index contributed by atoms with van der Waals surface area (Å²) in [6, 6.07) is 5.89. The van der Waals surface area contributed by atoms with Crippen LogP contribution in [0.1, 0.15) is 12.5 Å². The number of nitrogen functional groups attached to an aromatic ring is 1. The number of aromatic nitrogens is 2. The molecular weight excluding hydrogens is 310 g/mol. The molecule has 128 valence electrons. The Labute approximate surface area is 140 Å². The summed E-state index contributed by atoms with van der Waals surface area (Å²) in [6.07, 6.45) is 1.47. The Morgan fingerprint density at radius 2 is 2.04 bits per heavy atom. The van der Waals surface area contributed by atoms with Gasteiger partial charge in [-0.2, -0.15) is 0 Å². The van der Waals surface area contributed by atoms with Crippen molar-refractivity contribution in [2.45, 2.75) is 19.5 Å². The van der Waals surface area contributed by atoms with Gasteiger partial charge in [-0.15, -0.1) is 0 Å². The Bertz CT molecular complexity index is 710. The summed E-state index contributed by atoms with van der Waals surface area (Å²) in [5, 5.41) is 6.43. The zero-order chi connectivity index (χ0) is 16.9. The van der Waals surface area contributed by atoms with Gasteiger partial charge in [0.05, 0.1) is 6.61 Å². The molecule has 0 spiro atoms. The SMILES string of the molecule is COCC(C)Nc1ncnc(NCc2ccc3c(c2)OCO3)c1N. The third-order valence-corrected chi connectivity index (χ3v) is 3.58. The van der Waals surface area contributed by atoms with Crippen LogP contribution in [0, 0.1) is 0 Å². The van der Waals surface area contributed by atoms with Crippen molar-refractivity contribution in [3.05, 3.63) is 30.1 Å². The molecule has 8 heteroatoms. The minimum Gasteiger partial charge on any atom is -0.454 e. The number of benzene rings is 1. The lowest BCUT2D eigenvalue weighted by Crippen LogP contribution is -2.22. The molecule has 24 heavy (non-hydrogen) atoms. The molecular formula is C16H21N5O3. The summed E-state index contributed by atoms with van der Waals surface area (Å²) < 4.78 is 15.8. The van der Waals surface area contributed by atoms with Crippen LogP contribution >= 0.6 is 0 Å². The van der Waals surface area contributed by atoms with E-state index in [2.05, 4.69) is 20.6 Å². The number of anilines is 3. The summed E-state index contributed by atoms with van der Waals surface area (Å²) in [4.78, 5) is 8.39. The molecule has 0 aliphatic carbocycles. The maximum Gasteiger partial charge on any atom is 0.231 e. The van der Waals surface area contributed by atoms with Gasteiger partial charge in [-0.3, -0.25) is 0 Å². The van der Waals surface area contributed by atoms with Gasteiger partial charge in [-0.1, -0.05) is 6.07 Å². The van der Waals surface area contributed by atoms with Crippen molar-refractivity contribution in [1.29, 1.82) is 0 Å². The molecule has 0 saturated carbocycles. The van der Waals surface area contributed by atoms with Gasteiger partial charge in [0.1, 0.15) is 12.0 Å². The molecule has 2 aromatic rings. The van der Waals surface area contributed by atoms with Gasteiger partial charge in [0.15, 0.2) is 23.1 Å². The third-order valence-electron chi connectivity index (χ3n) is 3.58. The number of nitrogens with one attached hydrogen (secondary N) is 2. The first kappa shape index (κ1) is 16.1. The minimum atomic E-state index is 0.0916. The Morgan fingerprint density at radius 1 is 1.25 bits per heavy atom. The highest BCUT2D eigenvalue weighted by Gasteiger charge is 2.14. The van der Waals surface area contributed by atoms with Gasteiger partial charge in [0, 0.05) is 19.7 Å². The Balaban J connectivity index is 1.67. The van der Waals surface area contributed by atoms with Gasteiger partial charge in [-0.25, -0.2) is 9.97 Å². The number of hydrogen-bond donors (Lipinski definition) is 3. The van der Waals surface area contributed by atoms with Crippen LogP contribution in [0.5, 0.6) is 11.5 Å². The van der Waals surface area contributed by atoms with E-state index in [0.717, 1.165) is 17.1 Å². The lowest BCUT2D eigenvalue weighted by molar-refractivity contribution is 0.174. The topological polar surface area (TPSA) is 104 Å². The highest BCUT2D eigenvalue weighted by molar-refractivity contribution is 5.74. The van der Waals surface area contributed by atoms with Crippen LogP contribution in [0.25, 0.3) is 0 Å². The second kappa shape index (κ2) is 7.22. The van der Waals surface area contributed by atoms with E-state index in [9.17, 15) is 0 Å². The van der Waals surface area contributed by atoms with Crippen LogP contribution in [-0.4, -0.2) is 36.5 Å². The van der Waals surface area contributed by atoms with Gasteiger partial charge < -0.3 is 30.6 Å². The van der Waals surface area contributed by atoms with Gasteiger partial charge in [0.2, 0.25) is 6.79 Å². The zero-order valence-electron chi connectivity index (χ0n) is 13.7. The number of nitrogens with zero attached hydrogens (tertiary/aromatic N) is 2. The summed E-state index contributed by atoms with van der Waals surface area (Å²) in [7, 11) is 1.65. The molecule has 1 atom stereocenters. The molecule has 8 nitrogen and oxygen atoms in total. The summed E-state index contributed by atoms with van der Waals surface area (Å²) in [6.45, 7) is 3.37. The molecule has 1 aromatic carbocycles. The fourth-order valence-corrected chi connectivity index (χ4v) is 2.41. The zero-order valence-corrected chi connectivity index (χ0v) is 13.7. The second-order valence-corrected chi connectivity index (χ2v) is 5.53. The van der Waals surface area contributed by atoms with E-state index in [0.29, 0.717) is 30.5 Å². The van der Waals surface area contributed by atoms with Gasteiger partial charge in [-0.05, 0) is 24.6 Å². The van der Waals surface area contributed by atoms with E-state index in [1.165, 1.54) is 6.33 Å². The Morgan fingerprint density at radius 3 is 2.88 bits per heavy atom. The predicted octanol–water partition coefficient (Wildman–Crippen LogP) is 1.85. The highest BCUT2D eigenvalue weighted by Crippen LogP contribution is 2.33. The van der Waals surface area contributed by atoms with Crippen molar-refractivity contribution in [2.75, 3.05) is 36.9 Å². The number of ether oxygens (including phenoxy) is 3. The van der Waals surface area contributed by atoms with Crippen LogP contribution in [0.3, 0.4) is 0 Å². The first-order chi connectivity index (χ1) is 11.7. The number of hydrogen-bond acceptors (Lipinski definition) is 8. The minimum absolute atomic E-state index is 0.0916. The van der Waals surface area contributed by atoms with Crippen molar-refractivity contribution in [3.63, 3.8) is 0 Å². The molecule has 0 bridgehead atoms. The molecule has 1 aliphatic heterocycles. The molecule has 2 heterocycles. The predicted molar refractivity (Wildman–Crippen MR) is 91.3 cm³/mol. The van der Waals surface area contributed by atoms with Crippen LogP contribution in [-0.2, 0) is 11.3 Å². The molecule has 1 aromatic heterocycles. The standard InChI is InChI=1S/C16H21N5O3/c1-10(7-22-2)21-16-14(17)15(19-8-20-16)18-6-11-3-4-12-13(5-11)24-9-23-12/h3-5,8,10H,6-7,9,17H2,1-2H3,(H2,18,19,20,21). The molecule has 4 N–H and O–H groups in total. The van der Waals surface area contributed by atoms with Crippen LogP contribution in [0.15, 0.2) is 24.5 Å². The maximum atomic E-state index is 6.15. The quantitative estimate of drug-likeness (QED) is 0.706. The lowest BCUT2D eigenvalue weighted by Gasteiger charge is -2.16. The summed E-state index contributed by atoms with van der Waals surface area (Å²) in [5.41, 5.74) is 7.66. The number of methoxy groups -OCH3 is 1. The van der Waals surface area contributed by atoms with Crippen molar-refractivity contribution >= 4 is 17.3 Å². The van der Waals surface area contributed by atoms with E-state index in [1.807, 2.05) is 25.1 Å². The average Bonchev–Trinajstić information content (AvgIpc) is 3.03. The molecule has 0 fully saturated rings. The first-order valence-corrected chi connectivity index (χ1v) is 7.65. The fourth-order valence-electron chi connectivity index (χ4n) is 2.41. The monoisotopic (exact) mass is 331 g/mol. The molecule has 1 unspecified atom stereocenters. The molecule has 0 saturated heterocycles. The summed E-state index contributed by atoms with van der Waals surface area (Å²) >= 11 is 0. The molecule has 1 aliphatic rings. The van der Waals surface area contributed by atoms with Crippen molar-refractivity contribution in [2.24, 2.45) is 0 Å². The van der Waals surface area contributed by atoms with Crippen LogP contribution < -0.4 is 25.8 Å². The van der Waals surface area contributed by atoms with E-state index >= 15 is 0 Å². The summed E-state index contributed by atoms with van der Waals surface area (Å²) in [5.74, 6) is 2.68. The van der Waals surface area contributed by atoms with E-state index in [-0.39, 0.29) is 12.8 Å². The van der Waals surface area contributed by atoms with E-state index in [1.54, 1.807) is 7.11 Å². The second-order valence-electron chi connectivity index (χ2n) is 5.53. The van der Waals surface area contributed by atoms with E-state index < -0.39 is 0 Å². The Kier molecular flexibility index (Phi) is 4.85. The molecule has 0 radical (unpaired) electrons. The van der Waals surface area contributed by atoms with Crippen LogP contribution in [0.2, 0.25) is 0 Å². The van der Waals surface area contributed by atoms with Gasteiger partial charge in [0.25, 0.3) is 0 Å². The smallest absolute Gasteiger partial charge is 0.231 e. The molecule has 0 amide bonds. The Hall–Kier alpha value is -2.74.